The van der Waals surface area contributed by atoms with Crippen molar-refractivity contribution >= 4 is 23.8 Å². The van der Waals surface area contributed by atoms with Crippen LogP contribution in [0.2, 0.25) is 0 Å². The Labute approximate surface area is 229 Å². The summed E-state index contributed by atoms with van der Waals surface area (Å²) in [5, 5.41) is 2.51. The molecule has 1 aliphatic heterocycles. The van der Waals surface area contributed by atoms with E-state index in [4.69, 9.17) is 4.74 Å². The molecule has 11 nitrogen and oxygen atoms in total. The molecule has 2 amide bonds. The maximum atomic E-state index is 12.5. The van der Waals surface area contributed by atoms with Crippen molar-refractivity contribution in [1.82, 2.24) is 30.2 Å². The van der Waals surface area contributed by atoms with E-state index in [1.807, 2.05) is 36.7 Å². The Hall–Kier alpha value is -4.28. The number of nitrogens with one attached hydrogen (secondary N) is 1. The summed E-state index contributed by atoms with van der Waals surface area (Å²) in [6.45, 7) is 9.00. The molecule has 0 bridgehead atoms. The van der Waals surface area contributed by atoms with Gasteiger partial charge in [-0.05, 0) is 44.4 Å². The zero-order valence-electron chi connectivity index (χ0n) is 23.0. The largest absolute Gasteiger partial charge is 0.444 e. The Kier molecular flexibility index (Phi) is 8.90. The number of rotatable bonds is 7. The topological polar surface area (TPSA) is 117 Å². The average Bonchev–Trinajstić information content (AvgIpc) is 3.18. The molecule has 206 valence electrons. The number of amides is 2. The van der Waals surface area contributed by atoms with Crippen molar-refractivity contribution in [2.75, 3.05) is 49.6 Å². The molecular formula is C28H36N8O3. The highest BCUT2D eigenvalue weighted by atomic mass is 16.6. The van der Waals surface area contributed by atoms with E-state index in [1.54, 1.807) is 51.3 Å². The van der Waals surface area contributed by atoms with Gasteiger partial charge in [0.15, 0.2) is 0 Å². The molecule has 0 radical (unpaired) electrons. The van der Waals surface area contributed by atoms with Crippen LogP contribution >= 0.6 is 0 Å². The van der Waals surface area contributed by atoms with Crippen molar-refractivity contribution in [2.45, 2.75) is 39.3 Å². The highest BCUT2D eigenvalue weighted by Gasteiger charge is 2.19. The SMILES string of the molecule is CN(Cc1cccc(-c2cnc(N3CCCN(c4cnccn4)CC3)nc2)c1)C(=O)CNC(=O)OC(C)(C)C. The molecule has 1 N–H and O–H groups in total. The van der Waals surface area contributed by atoms with Crippen LogP contribution in [-0.4, -0.2) is 82.2 Å². The molecule has 1 aromatic carbocycles. The Morgan fingerprint density at radius 1 is 0.974 bits per heavy atom. The lowest BCUT2D eigenvalue weighted by atomic mass is 10.1. The number of hydrogen-bond donors (Lipinski definition) is 1. The van der Waals surface area contributed by atoms with Crippen LogP contribution in [-0.2, 0) is 16.1 Å². The number of benzene rings is 1. The fourth-order valence-corrected chi connectivity index (χ4v) is 4.24. The third kappa shape index (κ3) is 8.10. The Morgan fingerprint density at radius 2 is 1.72 bits per heavy atom. The van der Waals surface area contributed by atoms with Crippen LogP contribution in [0.5, 0.6) is 0 Å². The Balaban J connectivity index is 1.33. The van der Waals surface area contributed by atoms with Gasteiger partial charge in [0.25, 0.3) is 0 Å². The number of alkyl carbamates (subject to hydrolysis) is 1. The summed E-state index contributed by atoms with van der Waals surface area (Å²) in [5.41, 5.74) is 2.21. The molecule has 0 saturated carbocycles. The van der Waals surface area contributed by atoms with Crippen LogP contribution < -0.4 is 15.1 Å². The predicted molar refractivity (Wildman–Crippen MR) is 149 cm³/mol. The van der Waals surface area contributed by atoms with E-state index in [9.17, 15) is 9.59 Å². The van der Waals surface area contributed by atoms with Gasteiger partial charge in [0.05, 0.1) is 6.20 Å². The molecule has 2 aromatic heterocycles. The van der Waals surface area contributed by atoms with Crippen molar-refractivity contribution in [1.29, 1.82) is 0 Å². The van der Waals surface area contributed by atoms with Gasteiger partial charge in [0.1, 0.15) is 18.0 Å². The molecule has 1 aliphatic rings. The zero-order chi connectivity index (χ0) is 27.8. The molecule has 39 heavy (non-hydrogen) atoms. The van der Waals surface area contributed by atoms with Gasteiger partial charge in [0.2, 0.25) is 11.9 Å². The summed E-state index contributed by atoms with van der Waals surface area (Å²) in [5.74, 6) is 1.38. The van der Waals surface area contributed by atoms with Gasteiger partial charge in [-0.15, -0.1) is 0 Å². The zero-order valence-corrected chi connectivity index (χ0v) is 23.0. The van der Waals surface area contributed by atoms with Crippen molar-refractivity contribution in [3.63, 3.8) is 0 Å². The van der Waals surface area contributed by atoms with E-state index in [1.165, 1.54) is 0 Å². The van der Waals surface area contributed by atoms with Gasteiger partial charge in [-0.25, -0.2) is 19.7 Å². The molecule has 0 unspecified atom stereocenters. The van der Waals surface area contributed by atoms with Crippen LogP contribution in [0.15, 0.2) is 55.2 Å². The number of carbonyl (C=O) groups excluding carboxylic acids is 2. The van der Waals surface area contributed by atoms with Crippen LogP contribution in [0.25, 0.3) is 11.1 Å². The third-order valence-corrected chi connectivity index (χ3v) is 6.18. The van der Waals surface area contributed by atoms with E-state index >= 15 is 0 Å². The molecule has 0 aliphatic carbocycles. The molecule has 11 heteroatoms. The Bertz CT molecular complexity index is 1250. The smallest absolute Gasteiger partial charge is 0.408 e. The number of likely N-dealkylation sites (N-methyl/N-ethyl adjacent to an activating group) is 1. The van der Waals surface area contributed by atoms with Gasteiger partial charge < -0.3 is 24.8 Å². The minimum Gasteiger partial charge on any atom is -0.444 e. The monoisotopic (exact) mass is 532 g/mol. The molecule has 0 spiro atoms. The minimum atomic E-state index is -0.617. The first-order valence-electron chi connectivity index (χ1n) is 13.1. The van der Waals surface area contributed by atoms with Crippen molar-refractivity contribution in [2.24, 2.45) is 0 Å². The van der Waals surface area contributed by atoms with Crippen molar-refractivity contribution in [3.8, 4) is 11.1 Å². The van der Waals surface area contributed by atoms with Crippen molar-refractivity contribution < 1.29 is 14.3 Å². The molecular weight excluding hydrogens is 496 g/mol. The summed E-state index contributed by atoms with van der Waals surface area (Å²) in [6.07, 6.45) is 9.24. The fraction of sp³-hybridized carbons (Fsp3) is 0.429. The molecule has 4 rings (SSSR count). The second kappa shape index (κ2) is 12.5. The Morgan fingerprint density at radius 3 is 2.44 bits per heavy atom. The lowest BCUT2D eigenvalue weighted by Crippen LogP contribution is -2.40. The summed E-state index contributed by atoms with van der Waals surface area (Å²) < 4.78 is 5.18. The van der Waals surface area contributed by atoms with Gasteiger partial charge >= 0.3 is 6.09 Å². The van der Waals surface area contributed by atoms with Crippen molar-refractivity contribution in [3.05, 3.63) is 60.8 Å². The number of ether oxygens (including phenoxy) is 1. The normalized spacial score (nSPS) is 13.9. The highest BCUT2D eigenvalue weighted by molar-refractivity contribution is 5.82. The van der Waals surface area contributed by atoms with Crippen LogP contribution in [0.1, 0.15) is 32.8 Å². The first-order valence-corrected chi connectivity index (χ1v) is 13.1. The number of nitrogens with zero attached hydrogens (tertiary/aromatic N) is 7. The molecule has 1 saturated heterocycles. The summed E-state index contributed by atoms with van der Waals surface area (Å²) >= 11 is 0. The third-order valence-electron chi connectivity index (χ3n) is 6.18. The summed E-state index contributed by atoms with van der Waals surface area (Å²) in [6, 6.07) is 7.93. The van der Waals surface area contributed by atoms with Gasteiger partial charge in [-0.3, -0.25) is 9.78 Å². The maximum absolute atomic E-state index is 12.5. The molecule has 0 atom stereocenters. The van der Waals surface area contributed by atoms with Gasteiger partial charge in [0, 0.05) is 70.1 Å². The highest BCUT2D eigenvalue weighted by Crippen LogP contribution is 2.22. The molecule has 3 aromatic rings. The van der Waals surface area contributed by atoms with Crippen LogP contribution in [0.4, 0.5) is 16.6 Å². The van der Waals surface area contributed by atoms with Crippen LogP contribution in [0.3, 0.4) is 0 Å². The number of carbonyl (C=O) groups is 2. The van der Waals surface area contributed by atoms with E-state index < -0.39 is 11.7 Å². The first kappa shape index (κ1) is 27.7. The van der Waals surface area contributed by atoms with E-state index in [0.29, 0.717) is 12.5 Å². The number of aromatic nitrogens is 4. The maximum Gasteiger partial charge on any atom is 0.408 e. The molecule has 3 heterocycles. The van der Waals surface area contributed by atoms with E-state index in [2.05, 4.69) is 35.1 Å². The average molecular weight is 533 g/mol. The predicted octanol–water partition coefficient (Wildman–Crippen LogP) is 3.13. The summed E-state index contributed by atoms with van der Waals surface area (Å²) in [7, 11) is 1.70. The van der Waals surface area contributed by atoms with Gasteiger partial charge in [-0.1, -0.05) is 18.2 Å². The van der Waals surface area contributed by atoms with E-state index in [-0.39, 0.29) is 12.5 Å². The second-order valence-corrected chi connectivity index (χ2v) is 10.5. The number of hydrogen-bond acceptors (Lipinski definition) is 9. The quantitative estimate of drug-likeness (QED) is 0.490. The summed E-state index contributed by atoms with van der Waals surface area (Å²) in [4.78, 5) is 48.3. The standard InChI is InChI=1S/C28H36N8O3/c1-28(2,3)39-27(38)33-19-25(37)34(4)20-21-7-5-8-22(15-21)23-16-31-26(32-17-23)36-12-6-11-35(13-14-36)24-18-29-9-10-30-24/h5,7-10,15-18H,6,11-14,19-20H2,1-4H3,(H,33,38). The first-order chi connectivity index (χ1) is 18.7. The molecule has 1 fully saturated rings. The second-order valence-electron chi connectivity index (χ2n) is 10.5. The minimum absolute atomic E-state index is 0.132. The van der Waals surface area contributed by atoms with Crippen LogP contribution in [0, 0.1) is 0 Å². The van der Waals surface area contributed by atoms with Gasteiger partial charge in [-0.2, -0.15) is 0 Å². The lowest BCUT2D eigenvalue weighted by molar-refractivity contribution is -0.129. The fourth-order valence-electron chi connectivity index (χ4n) is 4.24. The lowest BCUT2D eigenvalue weighted by Gasteiger charge is -2.22. The van der Waals surface area contributed by atoms with E-state index in [0.717, 1.165) is 55.1 Å². The number of anilines is 2.